The largest absolute Gasteiger partial charge is 0.493 e. The van der Waals surface area contributed by atoms with Gasteiger partial charge in [-0.2, -0.15) is 4.98 Å². The van der Waals surface area contributed by atoms with Crippen molar-refractivity contribution in [3.05, 3.63) is 69.9 Å². The molecule has 2 heterocycles. The van der Waals surface area contributed by atoms with Gasteiger partial charge in [-0.3, -0.25) is 14.4 Å². The number of methoxy groups -OCH3 is 3. The lowest BCUT2D eigenvalue weighted by Gasteiger charge is -2.23. The van der Waals surface area contributed by atoms with E-state index in [1.165, 1.54) is 26.4 Å². The summed E-state index contributed by atoms with van der Waals surface area (Å²) in [4.78, 5) is 43.9. The first-order valence-electron chi connectivity index (χ1n) is 15.4. The Balaban J connectivity index is 1.51. The van der Waals surface area contributed by atoms with Crippen molar-refractivity contribution in [2.24, 2.45) is 5.92 Å². The highest BCUT2D eigenvalue weighted by molar-refractivity contribution is 5.86. The van der Waals surface area contributed by atoms with Crippen LogP contribution in [0.4, 0.5) is 5.69 Å². The molecule has 0 saturated carbocycles. The second-order valence-electron chi connectivity index (χ2n) is 11.3. The molecule has 3 N–H and O–H groups in total. The molecule has 13 heteroatoms. The van der Waals surface area contributed by atoms with E-state index >= 15 is 0 Å². The number of hydrogen-bond donors (Lipinski definition) is 3. The van der Waals surface area contributed by atoms with Gasteiger partial charge in [-0.05, 0) is 65.8 Å². The number of hydrogen-bond acceptors (Lipinski definition) is 11. The topological polar surface area (TPSA) is 167 Å². The molecule has 47 heavy (non-hydrogen) atoms. The minimum atomic E-state index is -0.764. The summed E-state index contributed by atoms with van der Waals surface area (Å²) in [6.07, 6.45) is 3.27. The van der Waals surface area contributed by atoms with E-state index in [0.717, 1.165) is 11.1 Å². The SMILES string of the molecule is CC[C@@H](C)[C@H](Nc1ccc2c(cc1=O)[C@@H](NC(C)=O)CCc1cc(OC)c(OC)c(OC)c1-2)C(=O)NCc1nc(-c2ccco2)no1. The van der Waals surface area contributed by atoms with Gasteiger partial charge in [-0.15, -0.1) is 0 Å². The summed E-state index contributed by atoms with van der Waals surface area (Å²) in [6, 6.07) is 9.08. The number of carbonyl (C=O) groups is 2. The highest BCUT2D eigenvalue weighted by atomic mass is 16.5. The minimum Gasteiger partial charge on any atom is -0.493 e. The van der Waals surface area contributed by atoms with Crippen molar-refractivity contribution in [2.45, 2.75) is 58.7 Å². The first-order valence-corrected chi connectivity index (χ1v) is 15.4. The van der Waals surface area contributed by atoms with E-state index in [4.69, 9.17) is 23.2 Å². The van der Waals surface area contributed by atoms with Gasteiger partial charge < -0.3 is 39.1 Å². The van der Waals surface area contributed by atoms with Gasteiger partial charge in [-0.1, -0.05) is 31.5 Å². The van der Waals surface area contributed by atoms with Gasteiger partial charge in [-0.25, -0.2) is 0 Å². The van der Waals surface area contributed by atoms with Crippen molar-refractivity contribution >= 4 is 17.5 Å². The summed E-state index contributed by atoms with van der Waals surface area (Å²) in [5, 5.41) is 12.9. The zero-order chi connectivity index (χ0) is 33.7. The molecule has 5 rings (SSSR count). The molecule has 1 aliphatic rings. The number of furan rings is 1. The zero-order valence-corrected chi connectivity index (χ0v) is 27.3. The molecule has 0 radical (unpaired) electrons. The van der Waals surface area contributed by atoms with Crippen LogP contribution in [0.5, 0.6) is 17.2 Å². The van der Waals surface area contributed by atoms with E-state index in [1.54, 1.807) is 32.4 Å². The molecule has 248 valence electrons. The van der Waals surface area contributed by atoms with Crippen molar-refractivity contribution in [2.75, 3.05) is 26.6 Å². The fourth-order valence-electron chi connectivity index (χ4n) is 5.80. The summed E-state index contributed by atoms with van der Waals surface area (Å²) in [5.74, 6) is 1.58. The van der Waals surface area contributed by atoms with Crippen molar-refractivity contribution in [3.63, 3.8) is 0 Å². The number of ether oxygens (including phenoxy) is 3. The molecule has 3 atom stereocenters. The third-order valence-corrected chi connectivity index (χ3v) is 8.35. The number of benzene rings is 1. The number of fused-ring (bicyclic) bond motifs is 3. The number of nitrogens with one attached hydrogen (secondary N) is 3. The molecular weight excluding hydrogens is 606 g/mol. The number of carbonyl (C=O) groups excluding carboxylic acids is 2. The van der Waals surface area contributed by atoms with Crippen LogP contribution in [-0.4, -0.2) is 49.3 Å². The van der Waals surface area contributed by atoms with Crippen molar-refractivity contribution in [1.29, 1.82) is 0 Å². The Bertz CT molecular complexity index is 1800. The van der Waals surface area contributed by atoms with Crippen LogP contribution < -0.4 is 35.6 Å². The first-order chi connectivity index (χ1) is 22.7. The first kappa shape index (κ1) is 33.0. The highest BCUT2D eigenvalue weighted by Gasteiger charge is 2.30. The van der Waals surface area contributed by atoms with Crippen LogP contribution in [0.1, 0.15) is 56.7 Å². The lowest BCUT2D eigenvalue weighted by molar-refractivity contribution is -0.123. The maximum atomic E-state index is 13.9. The monoisotopic (exact) mass is 645 g/mol. The quantitative estimate of drug-likeness (QED) is 0.196. The molecule has 13 nitrogen and oxygen atoms in total. The van der Waals surface area contributed by atoms with Crippen LogP contribution in [-0.2, 0) is 22.6 Å². The third-order valence-electron chi connectivity index (χ3n) is 8.35. The predicted octanol–water partition coefficient (Wildman–Crippen LogP) is 4.65. The van der Waals surface area contributed by atoms with Crippen LogP contribution in [0.25, 0.3) is 22.7 Å². The van der Waals surface area contributed by atoms with Gasteiger partial charge in [0.25, 0.3) is 0 Å². The summed E-state index contributed by atoms with van der Waals surface area (Å²) in [6.45, 7) is 5.33. The van der Waals surface area contributed by atoms with Crippen molar-refractivity contribution < 1.29 is 32.7 Å². The molecule has 2 amide bonds. The molecule has 4 aromatic rings. The molecular formula is C34H39N5O8. The molecule has 2 aromatic heterocycles. The molecule has 1 aliphatic carbocycles. The van der Waals surface area contributed by atoms with E-state index in [0.29, 0.717) is 53.4 Å². The average molecular weight is 646 g/mol. The predicted molar refractivity (Wildman–Crippen MR) is 173 cm³/mol. The van der Waals surface area contributed by atoms with E-state index < -0.39 is 12.1 Å². The van der Waals surface area contributed by atoms with Gasteiger partial charge in [0, 0.05) is 12.5 Å². The lowest BCUT2D eigenvalue weighted by Crippen LogP contribution is -2.44. The standard InChI is InChI=1S/C34H39N5O8/c1-7-18(2)30(34(42)35-17-28-38-33(39-47-28)26-9-8-14-46-26)37-24-13-11-21-22(16-25(24)41)23(36-19(3)40)12-10-20-15-27(43-4)31(44-5)32(45-6)29(20)21/h8-9,11,13-16,18,23,30H,7,10,12,17H2,1-6H3,(H,35,42)(H,36,40)(H,37,41)/t18-,23+,30+/m1/s1. The molecule has 0 unspecified atom stereocenters. The number of amides is 2. The Hall–Kier alpha value is -5.33. The van der Waals surface area contributed by atoms with E-state index in [1.807, 2.05) is 26.0 Å². The van der Waals surface area contributed by atoms with Gasteiger partial charge in [0.15, 0.2) is 17.3 Å². The van der Waals surface area contributed by atoms with Gasteiger partial charge in [0.2, 0.25) is 34.7 Å². The van der Waals surface area contributed by atoms with E-state index in [-0.39, 0.29) is 47.1 Å². The third kappa shape index (κ3) is 6.93. The van der Waals surface area contributed by atoms with Gasteiger partial charge in [0.05, 0.1) is 45.9 Å². The Labute approximate surface area is 272 Å². The maximum absolute atomic E-state index is 13.9. The molecule has 0 aliphatic heterocycles. The molecule has 0 saturated heterocycles. The van der Waals surface area contributed by atoms with Crippen molar-refractivity contribution in [3.8, 4) is 40.0 Å². The molecule has 0 bridgehead atoms. The second kappa shape index (κ2) is 14.4. The Morgan fingerprint density at radius 2 is 1.87 bits per heavy atom. The van der Waals surface area contributed by atoms with Crippen LogP contribution >= 0.6 is 0 Å². The Kier molecular flexibility index (Phi) is 10.1. The van der Waals surface area contributed by atoms with Gasteiger partial charge >= 0.3 is 0 Å². The molecule has 0 fully saturated rings. The fraction of sp³-hybridized carbons (Fsp3) is 0.382. The summed E-state index contributed by atoms with van der Waals surface area (Å²) in [7, 11) is 4.63. The second-order valence-corrected chi connectivity index (χ2v) is 11.3. The normalized spacial score (nSPS) is 14.9. The van der Waals surface area contributed by atoms with E-state index in [2.05, 4.69) is 26.1 Å². The number of aromatic nitrogens is 2. The average Bonchev–Trinajstić information content (AvgIpc) is 3.72. The van der Waals surface area contributed by atoms with Crippen LogP contribution in [0, 0.1) is 5.92 Å². The highest BCUT2D eigenvalue weighted by Crippen LogP contribution is 2.50. The number of aryl methyl sites for hydroxylation is 1. The summed E-state index contributed by atoms with van der Waals surface area (Å²) in [5.41, 5.74) is 2.84. The Morgan fingerprint density at radius 1 is 1.09 bits per heavy atom. The summed E-state index contributed by atoms with van der Waals surface area (Å²) < 4.78 is 27.7. The van der Waals surface area contributed by atoms with Crippen LogP contribution in [0.2, 0.25) is 0 Å². The van der Waals surface area contributed by atoms with Crippen LogP contribution in [0.15, 0.2) is 56.4 Å². The van der Waals surface area contributed by atoms with E-state index in [9.17, 15) is 14.4 Å². The van der Waals surface area contributed by atoms with Crippen LogP contribution in [0.3, 0.4) is 0 Å². The fourth-order valence-corrected chi connectivity index (χ4v) is 5.80. The van der Waals surface area contributed by atoms with Crippen molar-refractivity contribution in [1.82, 2.24) is 20.8 Å². The zero-order valence-electron chi connectivity index (χ0n) is 27.3. The number of anilines is 1. The number of nitrogens with zero attached hydrogens (tertiary/aromatic N) is 2. The Morgan fingerprint density at radius 3 is 2.53 bits per heavy atom. The smallest absolute Gasteiger partial charge is 0.246 e. The molecule has 2 aromatic carbocycles. The molecule has 0 spiro atoms. The van der Waals surface area contributed by atoms with Gasteiger partial charge in [0.1, 0.15) is 6.04 Å². The summed E-state index contributed by atoms with van der Waals surface area (Å²) >= 11 is 0. The number of rotatable bonds is 12. The minimum absolute atomic E-state index is 0.0114. The maximum Gasteiger partial charge on any atom is 0.246 e. The lowest BCUT2D eigenvalue weighted by atomic mass is 9.95.